The van der Waals surface area contributed by atoms with E-state index in [2.05, 4.69) is 24.7 Å². The van der Waals surface area contributed by atoms with E-state index in [1.807, 2.05) is 38.1 Å². The Kier molecular flexibility index (Phi) is 7.87. The maximum atomic E-state index is 12.2. The second-order valence-electron chi connectivity index (χ2n) is 6.86. The van der Waals surface area contributed by atoms with Gasteiger partial charge >= 0.3 is 0 Å². The normalized spacial score (nSPS) is 11.6. The van der Waals surface area contributed by atoms with Gasteiger partial charge in [0.05, 0.1) is 6.10 Å². The molecular formula is C22H28N2O4. The van der Waals surface area contributed by atoms with Gasteiger partial charge < -0.3 is 9.47 Å². The highest BCUT2D eigenvalue weighted by Gasteiger charge is 2.10. The second-order valence-corrected chi connectivity index (χ2v) is 6.86. The molecule has 6 heteroatoms. The van der Waals surface area contributed by atoms with E-state index in [0.29, 0.717) is 23.0 Å². The van der Waals surface area contributed by atoms with E-state index < -0.39 is 11.8 Å². The van der Waals surface area contributed by atoms with E-state index in [9.17, 15) is 9.59 Å². The van der Waals surface area contributed by atoms with Gasteiger partial charge in [0.2, 0.25) is 0 Å². The first kappa shape index (κ1) is 21.3. The number of benzene rings is 2. The molecule has 2 aromatic rings. The van der Waals surface area contributed by atoms with Crippen LogP contribution in [0.1, 0.15) is 56.0 Å². The summed E-state index contributed by atoms with van der Waals surface area (Å²) in [6.45, 7) is 7.92. The largest absolute Gasteiger partial charge is 0.491 e. The van der Waals surface area contributed by atoms with Gasteiger partial charge in [-0.1, -0.05) is 32.0 Å². The van der Waals surface area contributed by atoms with Crippen LogP contribution in [0.3, 0.4) is 0 Å². The molecule has 0 bridgehead atoms. The van der Waals surface area contributed by atoms with E-state index >= 15 is 0 Å². The Labute approximate surface area is 166 Å². The molecule has 2 aromatic carbocycles. The van der Waals surface area contributed by atoms with Crippen molar-refractivity contribution in [2.75, 3.05) is 6.61 Å². The molecule has 2 N–H and O–H groups in total. The van der Waals surface area contributed by atoms with Crippen LogP contribution in [0.15, 0.2) is 48.5 Å². The number of rotatable bonds is 8. The lowest BCUT2D eigenvalue weighted by molar-refractivity contribution is -0.123. The van der Waals surface area contributed by atoms with Crippen molar-refractivity contribution in [3.8, 4) is 11.5 Å². The average molecular weight is 384 g/mol. The molecular weight excluding hydrogens is 356 g/mol. The van der Waals surface area contributed by atoms with Crippen molar-refractivity contribution in [2.24, 2.45) is 0 Å². The molecule has 0 aliphatic heterocycles. The summed E-state index contributed by atoms with van der Waals surface area (Å²) >= 11 is 0. The quantitative estimate of drug-likeness (QED) is 0.678. The summed E-state index contributed by atoms with van der Waals surface area (Å²) in [5.41, 5.74) is 6.34. The van der Waals surface area contributed by atoms with Gasteiger partial charge in [-0.05, 0) is 62.1 Å². The van der Waals surface area contributed by atoms with Crippen LogP contribution in [0.2, 0.25) is 0 Å². The molecule has 0 saturated carbocycles. The smallest absolute Gasteiger partial charge is 0.276 e. The van der Waals surface area contributed by atoms with Gasteiger partial charge in [0, 0.05) is 5.56 Å². The molecule has 0 aliphatic carbocycles. The number of nitrogens with one attached hydrogen (secondary N) is 2. The van der Waals surface area contributed by atoms with Crippen LogP contribution < -0.4 is 20.3 Å². The molecule has 0 aromatic heterocycles. The molecule has 2 amide bonds. The highest BCUT2D eigenvalue weighted by molar-refractivity contribution is 5.95. The minimum atomic E-state index is -0.450. The van der Waals surface area contributed by atoms with Crippen molar-refractivity contribution in [2.45, 2.75) is 46.1 Å². The zero-order valence-corrected chi connectivity index (χ0v) is 16.8. The summed E-state index contributed by atoms with van der Waals surface area (Å²) in [7, 11) is 0. The maximum Gasteiger partial charge on any atom is 0.276 e. The maximum absolute atomic E-state index is 12.2. The number of carbonyl (C=O) groups is 2. The minimum Gasteiger partial charge on any atom is -0.491 e. The summed E-state index contributed by atoms with van der Waals surface area (Å²) in [4.78, 5) is 24.1. The monoisotopic (exact) mass is 384 g/mol. The van der Waals surface area contributed by atoms with Crippen LogP contribution in [0, 0.1) is 0 Å². The minimum absolute atomic E-state index is 0.00872. The lowest BCUT2D eigenvalue weighted by Gasteiger charge is -2.12. The molecule has 28 heavy (non-hydrogen) atoms. The Morgan fingerprint density at radius 2 is 1.68 bits per heavy atom. The zero-order chi connectivity index (χ0) is 20.5. The number of carbonyl (C=O) groups excluding carboxylic acids is 2. The molecule has 0 aliphatic rings. The second kappa shape index (κ2) is 10.3. The van der Waals surface area contributed by atoms with Crippen molar-refractivity contribution < 1.29 is 19.1 Å². The van der Waals surface area contributed by atoms with E-state index in [-0.39, 0.29) is 12.7 Å². The van der Waals surface area contributed by atoms with Crippen LogP contribution in [0.5, 0.6) is 11.5 Å². The standard InChI is InChI=1S/C22H28N2O4/c1-5-16(4)17-9-11-19(12-10-17)27-14-21(25)23-24-22(26)18-7-6-8-20(13-18)28-15(2)3/h6-13,15-16H,5,14H2,1-4H3,(H,23,25)(H,24,26). The van der Waals surface area contributed by atoms with Gasteiger partial charge in [-0.15, -0.1) is 0 Å². The molecule has 0 fully saturated rings. The summed E-state index contributed by atoms with van der Waals surface area (Å²) in [5, 5.41) is 0. The van der Waals surface area contributed by atoms with Crippen LogP contribution in [-0.4, -0.2) is 24.5 Å². The molecule has 0 radical (unpaired) electrons. The highest BCUT2D eigenvalue weighted by atomic mass is 16.5. The van der Waals surface area contributed by atoms with Crippen LogP contribution >= 0.6 is 0 Å². The lowest BCUT2D eigenvalue weighted by Crippen LogP contribution is -2.43. The fraction of sp³-hybridized carbons (Fsp3) is 0.364. The first-order valence-corrected chi connectivity index (χ1v) is 9.47. The van der Waals surface area contributed by atoms with Crippen molar-refractivity contribution in [1.82, 2.24) is 10.9 Å². The van der Waals surface area contributed by atoms with Crippen LogP contribution in [-0.2, 0) is 4.79 Å². The van der Waals surface area contributed by atoms with E-state index in [1.165, 1.54) is 5.56 Å². The van der Waals surface area contributed by atoms with Crippen LogP contribution in [0.4, 0.5) is 0 Å². The van der Waals surface area contributed by atoms with E-state index in [1.54, 1.807) is 24.3 Å². The molecule has 0 heterocycles. The van der Waals surface area contributed by atoms with Crippen molar-refractivity contribution in [3.05, 3.63) is 59.7 Å². The van der Waals surface area contributed by atoms with Crippen molar-refractivity contribution in [1.29, 1.82) is 0 Å². The summed E-state index contributed by atoms with van der Waals surface area (Å²) < 4.78 is 11.0. The van der Waals surface area contributed by atoms with Crippen molar-refractivity contribution >= 4 is 11.8 Å². The number of hydrogen-bond donors (Lipinski definition) is 2. The molecule has 150 valence electrons. The molecule has 1 unspecified atom stereocenters. The van der Waals surface area contributed by atoms with Gasteiger partial charge in [-0.25, -0.2) is 0 Å². The van der Waals surface area contributed by atoms with Gasteiger partial charge in [0.25, 0.3) is 11.8 Å². The van der Waals surface area contributed by atoms with E-state index in [0.717, 1.165) is 6.42 Å². The Hall–Kier alpha value is -3.02. The Bertz CT molecular complexity index is 787. The Balaban J connectivity index is 1.80. The fourth-order valence-electron chi connectivity index (χ4n) is 2.49. The topological polar surface area (TPSA) is 76.7 Å². The SMILES string of the molecule is CCC(C)c1ccc(OCC(=O)NNC(=O)c2cccc(OC(C)C)c2)cc1. The Morgan fingerprint density at radius 3 is 2.32 bits per heavy atom. The molecule has 0 spiro atoms. The van der Waals surface area contributed by atoms with E-state index in [4.69, 9.17) is 9.47 Å². The first-order valence-electron chi connectivity index (χ1n) is 9.47. The number of hydrogen-bond acceptors (Lipinski definition) is 4. The molecule has 2 rings (SSSR count). The molecule has 6 nitrogen and oxygen atoms in total. The predicted molar refractivity (Wildman–Crippen MR) is 108 cm³/mol. The third kappa shape index (κ3) is 6.61. The van der Waals surface area contributed by atoms with Crippen molar-refractivity contribution in [3.63, 3.8) is 0 Å². The molecule has 0 saturated heterocycles. The van der Waals surface area contributed by atoms with Crippen LogP contribution in [0.25, 0.3) is 0 Å². The van der Waals surface area contributed by atoms with Gasteiger partial charge in [0.1, 0.15) is 11.5 Å². The number of ether oxygens (including phenoxy) is 2. The number of hydrazine groups is 1. The third-order valence-electron chi connectivity index (χ3n) is 4.21. The third-order valence-corrected chi connectivity index (χ3v) is 4.21. The first-order chi connectivity index (χ1) is 13.4. The average Bonchev–Trinajstić information content (AvgIpc) is 2.70. The summed E-state index contributed by atoms with van der Waals surface area (Å²) in [6.07, 6.45) is 1.07. The Morgan fingerprint density at radius 1 is 0.964 bits per heavy atom. The molecule has 1 atom stereocenters. The van der Waals surface area contributed by atoms with Gasteiger partial charge in [-0.3, -0.25) is 20.4 Å². The summed E-state index contributed by atoms with van der Waals surface area (Å²) in [5.74, 6) is 0.802. The zero-order valence-electron chi connectivity index (χ0n) is 16.8. The summed E-state index contributed by atoms with van der Waals surface area (Å²) in [6, 6.07) is 14.4. The predicted octanol–water partition coefficient (Wildman–Crippen LogP) is 3.83. The highest BCUT2D eigenvalue weighted by Crippen LogP contribution is 2.21. The van der Waals surface area contributed by atoms with Gasteiger partial charge in [0.15, 0.2) is 6.61 Å². The fourth-order valence-corrected chi connectivity index (χ4v) is 2.49. The lowest BCUT2D eigenvalue weighted by atomic mass is 9.99. The van der Waals surface area contributed by atoms with Gasteiger partial charge in [-0.2, -0.15) is 0 Å². The number of amides is 2.